The van der Waals surface area contributed by atoms with Crippen LogP contribution in [0.4, 0.5) is 0 Å². The first kappa shape index (κ1) is 20.0. The molecule has 0 aromatic carbocycles. The Morgan fingerprint density at radius 2 is 1.84 bits per heavy atom. The van der Waals surface area contributed by atoms with Crippen molar-refractivity contribution < 1.29 is 9.53 Å². The molecule has 1 aliphatic carbocycles. The SMILES string of the molecule is CCNC(=NCC(=O)N(C)C)NCC1(N2CCOCC2)CCCCC1. The smallest absolute Gasteiger partial charge is 0.243 e. The van der Waals surface area contributed by atoms with E-state index in [1.54, 1.807) is 19.0 Å². The highest BCUT2D eigenvalue weighted by Crippen LogP contribution is 2.33. The summed E-state index contributed by atoms with van der Waals surface area (Å²) in [6.07, 6.45) is 6.33. The number of nitrogens with zero attached hydrogens (tertiary/aromatic N) is 3. The molecule has 1 saturated carbocycles. The molecule has 0 aromatic heterocycles. The molecule has 7 nitrogen and oxygen atoms in total. The van der Waals surface area contributed by atoms with Crippen LogP contribution in [0, 0.1) is 0 Å². The lowest BCUT2D eigenvalue weighted by molar-refractivity contribution is -0.127. The summed E-state index contributed by atoms with van der Waals surface area (Å²) in [6, 6.07) is 0. The number of rotatable bonds is 6. The lowest BCUT2D eigenvalue weighted by Gasteiger charge is -2.48. The number of likely N-dealkylation sites (N-methyl/N-ethyl adjacent to an activating group) is 1. The van der Waals surface area contributed by atoms with Crippen molar-refractivity contribution in [1.82, 2.24) is 20.4 Å². The molecule has 0 unspecified atom stereocenters. The van der Waals surface area contributed by atoms with Gasteiger partial charge in [0.05, 0.1) is 13.2 Å². The predicted octanol–water partition coefficient (Wildman–Crippen LogP) is 0.665. The summed E-state index contributed by atoms with van der Waals surface area (Å²) in [4.78, 5) is 20.4. The molecule has 2 N–H and O–H groups in total. The first-order valence-corrected chi connectivity index (χ1v) is 9.62. The third kappa shape index (κ3) is 5.85. The number of hydrogen-bond acceptors (Lipinski definition) is 4. The summed E-state index contributed by atoms with van der Waals surface area (Å²) >= 11 is 0. The van der Waals surface area contributed by atoms with Crippen molar-refractivity contribution in [2.45, 2.75) is 44.6 Å². The van der Waals surface area contributed by atoms with E-state index in [9.17, 15) is 4.79 Å². The maximum atomic E-state index is 11.8. The van der Waals surface area contributed by atoms with E-state index in [2.05, 4.69) is 20.5 Å². The van der Waals surface area contributed by atoms with Gasteiger partial charge in [-0.1, -0.05) is 19.3 Å². The minimum Gasteiger partial charge on any atom is -0.379 e. The number of ether oxygens (including phenoxy) is 1. The fourth-order valence-corrected chi connectivity index (χ4v) is 3.73. The Hall–Kier alpha value is -1.34. The summed E-state index contributed by atoms with van der Waals surface area (Å²) in [5, 5.41) is 6.77. The second kappa shape index (κ2) is 9.97. The molecule has 144 valence electrons. The number of guanidine groups is 1. The van der Waals surface area contributed by atoms with Crippen LogP contribution in [0.5, 0.6) is 0 Å². The van der Waals surface area contributed by atoms with Crippen LogP contribution in [-0.4, -0.2) is 87.2 Å². The summed E-state index contributed by atoms with van der Waals surface area (Å²) < 4.78 is 5.55. The van der Waals surface area contributed by atoms with E-state index < -0.39 is 0 Å². The molecule has 1 amide bonds. The number of morpholine rings is 1. The molecule has 25 heavy (non-hydrogen) atoms. The Kier molecular flexibility index (Phi) is 7.96. The van der Waals surface area contributed by atoms with E-state index >= 15 is 0 Å². The monoisotopic (exact) mass is 353 g/mol. The normalized spacial score (nSPS) is 21.6. The zero-order chi connectivity index (χ0) is 18.1. The highest BCUT2D eigenvalue weighted by molar-refractivity contribution is 5.84. The molecule has 0 atom stereocenters. The average Bonchev–Trinajstić information content (AvgIpc) is 2.65. The molecular weight excluding hydrogens is 318 g/mol. The van der Waals surface area contributed by atoms with Gasteiger partial charge in [-0.05, 0) is 19.8 Å². The average molecular weight is 354 g/mol. The van der Waals surface area contributed by atoms with Crippen molar-refractivity contribution in [2.75, 3.05) is 60.0 Å². The summed E-state index contributed by atoms with van der Waals surface area (Å²) in [6.45, 7) is 7.54. The standard InChI is InChI=1S/C18H35N5O2/c1-4-19-17(20-14-16(24)22(2)3)21-15-18(8-6-5-7-9-18)23-10-12-25-13-11-23/h4-15H2,1-3H3,(H2,19,20,21). The molecule has 1 heterocycles. The second-order valence-corrected chi connectivity index (χ2v) is 7.22. The maximum absolute atomic E-state index is 11.8. The largest absolute Gasteiger partial charge is 0.379 e. The molecule has 0 aromatic rings. The highest BCUT2D eigenvalue weighted by atomic mass is 16.5. The van der Waals surface area contributed by atoms with Gasteiger partial charge in [0.2, 0.25) is 5.91 Å². The molecule has 1 saturated heterocycles. The Labute approximate surface area is 152 Å². The number of nitrogens with one attached hydrogen (secondary N) is 2. The lowest BCUT2D eigenvalue weighted by atomic mass is 9.80. The third-order valence-electron chi connectivity index (χ3n) is 5.27. The maximum Gasteiger partial charge on any atom is 0.243 e. The number of carbonyl (C=O) groups excluding carboxylic acids is 1. The van der Waals surface area contributed by atoms with Gasteiger partial charge in [-0.3, -0.25) is 9.69 Å². The Morgan fingerprint density at radius 3 is 2.44 bits per heavy atom. The fraction of sp³-hybridized carbons (Fsp3) is 0.889. The Bertz CT molecular complexity index is 441. The zero-order valence-corrected chi connectivity index (χ0v) is 16.1. The van der Waals surface area contributed by atoms with E-state index in [-0.39, 0.29) is 18.0 Å². The molecule has 2 rings (SSSR count). The van der Waals surface area contributed by atoms with Crippen LogP contribution in [0.2, 0.25) is 0 Å². The van der Waals surface area contributed by atoms with Gasteiger partial charge < -0.3 is 20.3 Å². The molecular formula is C18H35N5O2. The van der Waals surface area contributed by atoms with E-state index in [1.165, 1.54) is 32.1 Å². The number of carbonyl (C=O) groups is 1. The van der Waals surface area contributed by atoms with Crippen molar-refractivity contribution >= 4 is 11.9 Å². The molecule has 2 fully saturated rings. The first-order valence-electron chi connectivity index (χ1n) is 9.62. The van der Waals surface area contributed by atoms with Crippen LogP contribution in [0.1, 0.15) is 39.0 Å². The van der Waals surface area contributed by atoms with Crippen LogP contribution < -0.4 is 10.6 Å². The van der Waals surface area contributed by atoms with E-state index in [4.69, 9.17) is 4.74 Å². The van der Waals surface area contributed by atoms with Crippen LogP contribution in [0.25, 0.3) is 0 Å². The highest BCUT2D eigenvalue weighted by Gasteiger charge is 2.38. The van der Waals surface area contributed by atoms with E-state index in [1.807, 2.05) is 6.92 Å². The second-order valence-electron chi connectivity index (χ2n) is 7.22. The first-order chi connectivity index (χ1) is 12.1. The molecule has 0 bridgehead atoms. The van der Waals surface area contributed by atoms with Crippen LogP contribution >= 0.6 is 0 Å². The van der Waals surface area contributed by atoms with Gasteiger partial charge in [-0.15, -0.1) is 0 Å². The van der Waals surface area contributed by atoms with Crippen molar-refractivity contribution in [3.05, 3.63) is 0 Å². The van der Waals surface area contributed by atoms with Gasteiger partial charge >= 0.3 is 0 Å². The van der Waals surface area contributed by atoms with Crippen molar-refractivity contribution in [3.8, 4) is 0 Å². The molecule has 0 radical (unpaired) electrons. The fourth-order valence-electron chi connectivity index (χ4n) is 3.73. The lowest BCUT2D eigenvalue weighted by Crippen LogP contribution is -2.60. The molecule has 2 aliphatic rings. The number of amides is 1. The van der Waals surface area contributed by atoms with Crippen molar-refractivity contribution in [3.63, 3.8) is 0 Å². The molecule has 0 spiro atoms. The van der Waals surface area contributed by atoms with E-state index in [0.29, 0.717) is 0 Å². The Morgan fingerprint density at radius 1 is 1.16 bits per heavy atom. The quantitative estimate of drug-likeness (QED) is 0.542. The van der Waals surface area contributed by atoms with Gasteiger partial charge in [-0.25, -0.2) is 4.99 Å². The van der Waals surface area contributed by atoms with Crippen LogP contribution in [0.15, 0.2) is 4.99 Å². The van der Waals surface area contributed by atoms with Gasteiger partial charge in [-0.2, -0.15) is 0 Å². The summed E-state index contributed by atoms with van der Waals surface area (Å²) in [5.41, 5.74) is 0.184. The minimum absolute atomic E-state index is 0.0118. The van der Waals surface area contributed by atoms with Gasteiger partial charge in [0.1, 0.15) is 6.54 Å². The minimum atomic E-state index is 0.0118. The molecule has 7 heteroatoms. The number of aliphatic imine (C=N–C) groups is 1. The topological polar surface area (TPSA) is 69.2 Å². The van der Waals surface area contributed by atoms with Gasteiger partial charge in [0.15, 0.2) is 5.96 Å². The number of hydrogen-bond donors (Lipinski definition) is 2. The summed E-state index contributed by atoms with van der Waals surface area (Å²) in [5.74, 6) is 0.744. The van der Waals surface area contributed by atoms with Crippen molar-refractivity contribution in [1.29, 1.82) is 0 Å². The van der Waals surface area contributed by atoms with Crippen molar-refractivity contribution in [2.24, 2.45) is 4.99 Å². The third-order valence-corrected chi connectivity index (χ3v) is 5.27. The predicted molar refractivity (Wildman–Crippen MR) is 101 cm³/mol. The Balaban J connectivity index is 2.00. The summed E-state index contributed by atoms with van der Waals surface area (Å²) in [7, 11) is 3.52. The van der Waals surface area contributed by atoms with Crippen LogP contribution in [-0.2, 0) is 9.53 Å². The zero-order valence-electron chi connectivity index (χ0n) is 16.1. The van der Waals surface area contributed by atoms with Gasteiger partial charge in [0, 0.05) is 45.8 Å². The van der Waals surface area contributed by atoms with Gasteiger partial charge in [0.25, 0.3) is 0 Å². The van der Waals surface area contributed by atoms with E-state index in [0.717, 1.165) is 45.4 Å². The van der Waals surface area contributed by atoms with Crippen LogP contribution in [0.3, 0.4) is 0 Å². The molecule has 1 aliphatic heterocycles.